The summed E-state index contributed by atoms with van der Waals surface area (Å²) in [5, 5.41) is 0. The Morgan fingerprint density at radius 2 is 1.79 bits per heavy atom. The van der Waals surface area contributed by atoms with Crippen molar-refractivity contribution < 1.29 is 9.47 Å². The maximum atomic E-state index is 5.83. The highest BCUT2D eigenvalue weighted by atomic mass is 35.5. The predicted molar refractivity (Wildman–Crippen MR) is 79.5 cm³/mol. The molecule has 0 radical (unpaired) electrons. The molecule has 3 nitrogen and oxygen atoms in total. The van der Waals surface area contributed by atoms with Crippen molar-refractivity contribution in [2.75, 3.05) is 43.0 Å². The molecule has 106 valence electrons. The summed E-state index contributed by atoms with van der Waals surface area (Å²) in [5.74, 6) is 1.18. The Balaban J connectivity index is 2.16. The summed E-state index contributed by atoms with van der Waals surface area (Å²) in [6.45, 7) is 4.99. The Morgan fingerprint density at radius 3 is 2.32 bits per heavy atom. The van der Waals surface area contributed by atoms with Gasteiger partial charge in [0, 0.05) is 36.1 Å². The highest BCUT2D eigenvalue weighted by Crippen LogP contribution is 2.29. The van der Waals surface area contributed by atoms with Crippen LogP contribution in [-0.4, -0.2) is 38.1 Å². The molecule has 0 N–H and O–H groups in total. The van der Waals surface area contributed by atoms with Crippen molar-refractivity contribution in [2.45, 2.75) is 13.2 Å². The van der Waals surface area contributed by atoms with Gasteiger partial charge < -0.3 is 14.4 Å². The Labute approximate surface area is 124 Å². The molecule has 0 spiro atoms. The fourth-order valence-electron chi connectivity index (χ4n) is 2.23. The van der Waals surface area contributed by atoms with E-state index < -0.39 is 0 Å². The summed E-state index contributed by atoms with van der Waals surface area (Å²) in [5.41, 5.74) is 3.40. The number of hydrogen-bond donors (Lipinski definition) is 0. The first-order chi connectivity index (χ1) is 9.26. The van der Waals surface area contributed by atoms with E-state index in [0.29, 0.717) is 25.0 Å². The van der Waals surface area contributed by atoms with Crippen LogP contribution in [0.25, 0.3) is 0 Å². The van der Waals surface area contributed by atoms with E-state index in [0.717, 1.165) is 24.3 Å². The molecule has 0 bridgehead atoms. The Morgan fingerprint density at radius 1 is 1.16 bits per heavy atom. The third kappa shape index (κ3) is 3.76. The van der Waals surface area contributed by atoms with E-state index in [1.807, 2.05) is 0 Å². The van der Waals surface area contributed by atoms with Crippen LogP contribution in [0.1, 0.15) is 17.4 Å². The molecule has 1 aliphatic rings. The molecule has 0 aromatic heterocycles. The summed E-state index contributed by atoms with van der Waals surface area (Å²) in [7, 11) is 0. The number of benzene rings is 1. The summed E-state index contributed by atoms with van der Waals surface area (Å²) in [6, 6.07) is 6.28. The maximum absolute atomic E-state index is 5.83. The van der Waals surface area contributed by atoms with Crippen molar-refractivity contribution in [1.29, 1.82) is 0 Å². The van der Waals surface area contributed by atoms with E-state index in [1.54, 1.807) is 0 Å². The first kappa shape index (κ1) is 14.9. The lowest BCUT2D eigenvalue weighted by atomic mass is 10.1. The lowest BCUT2D eigenvalue weighted by Crippen LogP contribution is -2.27. The summed E-state index contributed by atoms with van der Waals surface area (Å²) >= 11 is 11.7. The zero-order valence-electron chi connectivity index (χ0n) is 11.1. The SMILES string of the molecule is Cc1cc(N(CCCl)CCCl)ccc1C1OCCO1. The fourth-order valence-corrected chi connectivity index (χ4v) is 2.64. The second kappa shape index (κ2) is 7.34. The lowest BCUT2D eigenvalue weighted by Gasteiger charge is -2.24. The van der Waals surface area contributed by atoms with Crippen LogP contribution in [0.2, 0.25) is 0 Å². The van der Waals surface area contributed by atoms with Gasteiger partial charge in [-0.2, -0.15) is 0 Å². The summed E-state index contributed by atoms with van der Waals surface area (Å²) in [4.78, 5) is 2.19. The van der Waals surface area contributed by atoms with Gasteiger partial charge in [0.2, 0.25) is 0 Å². The molecule has 1 aromatic rings. The molecule has 0 unspecified atom stereocenters. The third-order valence-electron chi connectivity index (χ3n) is 3.20. The van der Waals surface area contributed by atoms with Gasteiger partial charge in [0.05, 0.1) is 13.2 Å². The van der Waals surface area contributed by atoms with Crippen molar-refractivity contribution in [1.82, 2.24) is 0 Å². The molecular weight excluding hydrogens is 285 g/mol. The van der Waals surface area contributed by atoms with Crippen molar-refractivity contribution >= 4 is 28.9 Å². The van der Waals surface area contributed by atoms with Gasteiger partial charge in [-0.3, -0.25) is 0 Å². The minimum absolute atomic E-state index is 0.219. The quantitative estimate of drug-likeness (QED) is 0.753. The topological polar surface area (TPSA) is 21.7 Å². The average molecular weight is 304 g/mol. The zero-order valence-corrected chi connectivity index (χ0v) is 12.6. The van der Waals surface area contributed by atoms with Gasteiger partial charge in [0.25, 0.3) is 0 Å². The van der Waals surface area contributed by atoms with E-state index in [9.17, 15) is 0 Å². The van der Waals surface area contributed by atoms with Gasteiger partial charge in [-0.05, 0) is 24.6 Å². The summed E-state index contributed by atoms with van der Waals surface area (Å²) in [6.07, 6.45) is -0.219. The number of aryl methyl sites for hydroxylation is 1. The molecule has 1 heterocycles. The molecule has 19 heavy (non-hydrogen) atoms. The highest BCUT2D eigenvalue weighted by Gasteiger charge is 2.20. The van der Waals surface area contributed by atoms with Crippen LogP contribution in [0.4, 0.5) is 5.69 Å². The standard InChI is InChI=1S/C14H19Cl2NO2/c1-11-10-12(17(6-4-15)7-5-16)2-3-13(11)14-18-8-9-19-14/h2-3,10,14H,4-9H2,1H3. The number of halogens is 2. The smallest absolute Gasteiger partial charge is 0.184 e. The summed E-state index contributed by atoms with van der Waals surface area (Å²) < 4.78 is 11.1. The largest absolute Gasteiger partial charge is 0.369 e. The zero-order chi connectivity index (χ0) is 13.7. The Hall–Kier alpha value is -0.480. The third-order valence-corrected chi connectivity index (χ3v) is 3.54. The van der Waals surface area contributed by atoms with Gasteiger partial charge in [-0.1, -0.05) is 6.07 Å². The van der Waals surface area contributed by atoms with Gasteiger partial charge in [-0.25, -0.2) is 0 Å². The second-order valence-corrected chi connectivity index (χ2v) is 5.24. The van der Waals surface area contributed by atoms with Crippen LogP contribution in [0.5, 0.6) is 0 Å². The van der Waals surface area contributed by atoms with Gasteiger partial charge in [0.1, 0.15) is 0 Å². The monoisotopic (exact) mass is 303 g/mol. The number of anilines is 1. The van der Waals surface area contributed by atoms with Gasteiger partial charge in [-0.15, -0.1) is 23.2 Å². The molecule has 0 atom stereocenters. The molecule has 1 aromatic carbocycles. The van der Waals surface area contributed by atoms with E-state index in [1.165, 1.54) is 5.56 Å². The minimum atomic E-state index is -0.219. The fraction of sp³-hybridized carbons (Fsp3) is 0.571. The molecule has 1 aliphatic heterocycles. The van der Waals surface area contributed by atoms with Crippen molar-refractivity contribution in [3.8, 4) is 0 Å². The molecule has 1 saturated heterocycles. The van der Waals surface area contributed by atoms with Crippen LogP contribution in [0.15, 0.2) is 18.2 Å². The minimum Gasteiger partial charge on any atom is -0.369 e. The molecule has 2 rings (SSSR count). The Bertz CT molecular complexity index is 402. The van der Waals surface area contributed by atoms with E-state index in [-0.39, 0.29) is 6.29 Å². The molecule has 1 fully saturated rings. The second-order valence-electron chi connectivity index (χ2n) is 4.48. The molecule has 0 saturated carbocycles. The van der Waals surface area contributed by atoms with Crippen molar-refractivity contribution in [2.24, 2.45) is 0 Å². The van der Waals surface area contributed by atoms with Crippen molar-refractivity contribution in [3.05, 3.63) is 29.3 Å². The first-order valence-electron chi connectivity index (χ1n) is 6.47. The van der Waals surface area contributed by atoms with E-state index in [4.69, 9.17) is 32.7 Å². The molecule has 0 amide bonds. The number of ether oxygens (including phenoxy) is 2. The van der Waals surface area contributed by atoms with Gasteiger partial charge in [0.15, 0.2) is 6.29 Å². The Kier molecular flexibility index (Phi) is 5.76. The van der Waals surface area contributed by atoms with Crippen LogP contribution in [0.3, 0.4) is 0 Å². The van der Waals surface area contributed by atoms with Crippen LogP contribution in [-0.2, 0) is 9.47 Å². The first-order valence-corrected chi connectivity index (χ1v) is 7.54. The van der Waals surface area contributed by atoms with Crippen LogP contribution in [0, 0.1) is 6.92 Å². The predicted octanol–water partition coefficient (Wildman–Crippen LogP) is 3.32. The molecular formula is C14H19Cl2NO2. The van der Waals surface area contributed by atoms with Gasteiger partial charge >= 0.3 is 0 Å². The molecule has 5 heteroatoms. The number of alkyl halides is 2. The van der Waals surface area contributed by atoms with E-state index in [2.05, 4.69) is 30.0 Å². The number of rotatable bonds is 6. The van der Waals surface area contributed by atoms with Crippen LogP contribution >= 0.6 is 23.2 Å². The average Bonchev–Trinajstić information content (AvgIpc) is 2.92. The number of nitrogens with zero attached hydrogens (tertiary/aromatic N) is 1. The highest BCUT2D eigenvalue weighted by molar-refractivity contribution is 6.18. The lowest BCUT2D eigenvalue weighted by molar-refractivity contribution is -0.0445. The normalized spacial score (nSPS) is 15.9. The van der Waals surface area contributed by atoms with Crippen LogP contribution < -0.4 is 4.90 Å². The van der Waals surface area contributed by atoms with Crippen molar-refractivity contribution in [3.63, 3.8) is 0 Å². The molecule has 0 aliphatic carbocycles. The van der Waals surface area contributed by atoms with E-state index >= 15 is 0 Å². The number of hydrogen-bond acceptors (Lipinski definition) is 3. The maximum Gasteiger partial charge on any atom is 0.184 e.